The number of hydrogen-bond acceptors (Lipinski definition) is 2. The van der Waals surface area contributed by atoms with E-state index in [9.17, 15) is 5.11 Å². The van der Waals surface area contributed by atoms with E-state index in [1.54, 1.807) is 12.1 Å². The fraction of sp³-hybridized carbons (Fsp3) is 0.455. The van der Waals surface area contributed by atoms with Gasteiger partial charge in [0.2, 0.25) is 0 Å². The first kappa shape index (κ1) is 11.2. The average molecular weight is 247 g/mol. The number of halogens is 2. The second kappa shape index (κ2) is 4.71. The number of aliphatic hydroxyl groups is 1. The minimum atomic E-state index is -0.279. The third-order valence-electron chi connectivity index (χ3n) is 2.57. The van der Waals surface area contributed by atoms with E-state index in [0.717, 1.165) is 5.56 Å². The molecule has 1 aliphatic heterocycles. The molecule has 1 saturated heterocycles. The Labute approximate surface area is 98.8 Å². The van der Waals surface area contributed by atoms with Crippen molar-refractivity contribution < 1.29 is 9.84 Å². The monoisotopic (exact) mass is 246 g/mol. The highest BCUT2D eigenvalue weighted by molar-refractivity contribution is 6.42. The van der Waals surface area contributed by atoms with Crippen molar-refractivity contribution >= 4 is 23.2 Å². The van der Waals surface area contributed by atoms with E-state index in [2.05, 4.69) is 0 Å². The molecule has 15 heavy (non-hydrogen) atoms. The summed E-state index contributed by atoms with van der Waals surface area (Å²) in [4.78, 5) is 0. The quantitative estimate of drug-likeness (QED) is 0.825. The van der Waals surface area contributed by atoms with Crippen LogP contribution in [-0.4, -0.2) is 17.8 Å². The van der Waals surface area contributed by atoms with E-state index in [4.69, 9.17) is 27.9 Å². The molecule has 2 rings (SSSR count). The van der Waals surface area contributed by atoms with Gasteiger partial charge in [0.1, 0.15) is 0 Å². The summed E-state index contributed by atoms with van der Waals surface area (Å²) in [7, 11) is 0. The summed E-state index contributed by atoms with van der Waals surface area (Å²) in [5, 5.41) is 10.6. The second-order valence-electron chi connectivity index (χ2n) is 3.71. The molecule has 0 saturated carbocycles. The summed E-state index contributed by atoms with van der Waals surface area (Å²) in [6.07, 6.45) is 0.984. The Morgan fingerprint density at radius 3 is 2.73 bits per heavy atom. The van der Waals surface area contributed by atoms with Crippen LogP contribution in [0.2, 0.25) is 10.0 Å². The van der Waals surface area contributed by atoms with Crippen molar-refractivity contribution in [2.24, 2.45) is 0 Å². The summed E-state index contributed by atoms with van der Waals surface area (Å²) in [6.45, 7) is 0.589. The Kier molecular flexibility index (Phi) is 3.52. The first-order chi connectivity index (χ1) is 7.16. The largest absolute Gasteiger partial charge is 0.393 e. The lowest BCUT2D eigenvalue weighted by Crippen LogP contribution is -2.23. The Balaban J connectivity index is 2.18. The number of benzene rings is 1. The maximum atomic E-state index is 9.53. The van der Waals surface area contributed by atoms with Crippen LogP contribution in [-0.2, 0) is 4.74 Å². The first-order valence-electron chi connectivity index (χ1n) is 4.91. The van der Waals surface area contributed by atoms with E-state index >= 15 is 0 Å². The van der Waals surface area contributed by atoms with Crippen LogP contribution in [0.15, 0.2) is 18.2 Å². The van der Waals surface area contributed by atoms with E-state index in [-0.39, 0.29) is 12.2 Å². The molecule has 0 aromatic heterocycles. The van der Waals surface area contributed by atoms with Gasteiger partial charge in [-0.25, -0.2) is 0 Å². The van der Waals surface area contributed by atoms with Crippen LogP contribution in [0.5, 0.6) is 0 Å². The lowest BCUT2D eigenvalue weighted by molar-refractivity contribution is -0.0447. The van der Waals surface area contributed by atoms with E-state index in [1.165, 1.54) is 0 Å². The Morgan fingerprint density at radius 1 is 1.27 bits per heavy atom. The van der Waals surface area contributed by atoms with Gasteiger partial charge in [0.05, 0.1) is 22.3 Å². The standard InChI is InChI=1S/C11H12Cl2O2/c12-9-2-1-7(5-10(9)13)11-6-8(14)3-4-15-11/h1-2,5,8,11,14H,3-4,6H2. The van der Waals surface area contributed by atoms with Crippen molar-refractivity contribution in [2.75, 3.05) is 6.61 Å². The molecule has 4 heteroatoms. The molecular formula is C11H12Cl2O2. The van der Waals surface area contributed by atoms with Gasteiger partial charge in [0, 0.05) is 13.0 Å². The van der Waals surface area contributed by atoms with Crippen molar-refractivity contribution in [3.05, 3.63) is 33.8 Å². The van der Waals surface area contributed by atoms with Crippen LogP contribution in [0, 0.1) is 0 Å². The van der Waals surface area contributed by atoms with Crippen molar-refractivity contribution in [3.8, 4) is 0 Å². The topological polar surface area (TPSA) is 29.5 Å². The Hall–Kier alpha value is -0.280. The van der Waals surface area contributed by atoms with E-state index < -0.39 is 0 Å². The predicted molar refractivity (Wildman–Crippen MR) is 60.4 cm³/mol. The van der Waals surface area contributed by atoms with Gasteiger partial charge in [-0.1, -0.05) is 29.3 Å². The Bertz CT molecular complexity index is 354. The van der Waals surface area contributed by atoms with Gasteiger partial charge in [-0.2, -0.15) is 0 Å². The zero-order valence-corrected chi connectivity index (χ0v) is 9.63. The molecule has 0 bridgehead atoms. The minimum absolute atomic E-state index is 0.0662. The summed E-state index contributed by atoms with van der Waals surface area (Å²) < 4.78 is 5.57. The normalized spacial score (nSPS) is 26.6. The van der Waals surface area contributed by atoms with Crippen LogP contribution in [0.3, 0.4) is 0 Å². The second-order valence-corrected chi connectivity index (χ2v) is 4.53. The third kappa shape index (κ3) is 2.64. The molecule has 1 aromatic carbocycles. The maximum absolute atomic E-state index is 9.53. The summed E-state index contributed by atoms with van der Waals surface area (Å²) in [5.74, 6) is 0. The number of ether oxygens (including phenoxy) is 1. The van der Waals surface area contributed by atoms with E-state index in [0.29, 0.717) is 29.5 Å². The van der Waals surface area contributed by atoms with Gasteiger partial charge in [-0.05, 0) is 24.1 Å². The van der Waals surface area contributed by atoms with Gasteiger partial charge in [0.15, 0.2) is 0 Å². The highest BCUT2D eigenvalue weighted by Crippen LogP contribution is 2.32. The van der Waals surface area contributed by atoms with Crippen LogP contribution in [0.4, 0.5) is 0 Å². The first-order valence-corrected chi connectivity index (χ1v) is 5.67. The highest BCUT2D eigenvalue weighted by atomic mass is 35.5. The molecule has 2 unspecified atom stereocenters. The molecule has 1 heterocycles. The fourth-order valence-electron chi connectivity index (χ4n) is 1.72. The molecule has 0 aliphatic carbocycles. The third-order valence-corrected chi connectivity index (χ3v) is 3.31. The van der Waals surface area contributed by atoms with Crippen LogP contribution in [0.1, 0.15) is 24.5 Å². The molecule has 82 valence electrons. The van der Waals surface area contributed by atoms with Gasteiger partial charge >= 0.3 is 0 Å². The molecule has 1 aliphatic rings. The molecule has 2 atom stereocenters. The average Bonchev–Trinajstić information content (AvgIpc) is 2.22. The lowest BCUT2D eigenvalue weighted by Gasteiger charge is -2.26. The molecule has 1 aromatic rings. The molecule has 0 radical (unpaired) electrons. The lowest BCUT2D eigenvalue weighted by atomic mass is 9.99. The molecular weight excluding hydrogens is 235 g/mol. The van der Waals surface area contributed by atoms with Crippen LogP contribution < -0.4 is 0 Å². The molecule has 0 amide bonds. The summed E-state index contributed by atoms with van der Waals surface area (Å²) in [6, 6.07) is 5.44. The zero-order chi connectivity index (χ0) is 10.8. The van der Waals surface area contributed by atoms with Gasteiger partial charge in [0.25, 0.3) is 0 Å². The smallest absolute Gasteiger partial charge is 0.0850 e. The fourth-order valence-corrected chi connectivity index (χ4v) is 2.03. The molecule has 0 spiro atoms. The van der Waals surface area contributed by atoms with Crippen molar-refractivity contribution in [1.82, 2.24) is 0 Å². The zero-order valence-electron chi connectivity index (χ0n) is 8.12. The predicted octanol–water partition coefficient (Wildman–Crippen LogP) is 3.21. The summed E-state index contributed by atoms with van der Waals surface area (Å²) in [5.41, 5.74) is 0.975. The maximum Gasteiger partial charge on any atom is 0.0850 e. The molecule has 1 fully saturated rings. The van der Waals surface area contributed by atoms with Gasteiger partial charge in [-0.15, -0.1) is 0 Å². The summed E-state index contributed by atoms with van der Waals surface area (Å²) >= 11 is 11.7. The minimum Gasteiger partial charge on any atom is -0.393 e. The van der Waals surface area contributed by atoms with Crippen molar-refractivity contribution in [2.45, 2.75) is 25.0 Å². The van der Waals surface area contributed by atoms with Crippen molar-refractivity contribution in [1.29, 1.82) is 0 Å². The van der Waals surface area contributed by atoms with Crippen LogP contribution >= 0.6 is 23.2 Å². The SMILES string of the molecule is OC1CCOC(c2ccc(Cl)c(Cl)c2)C1. The Morgan fingerprint density at radius 2 is 2.07 bits per heavy atom. The number of aliphatic hydroxyl groups excluding tert-OH is 1. The van der Waals surface area contributed by atoms with Gasteiger partial charge in [-0.3, -0.25) is 0 Å². The van der Waals surface area contributed by atoms with Crippen LogP contribution in [0.25, 0.3) is 0 Å². The van der Waals surface area contributed by atoms with Crippen molar-refractivity contribution in [3.63, 3.8) is 0 Å². The highest BCUT2D eigenvalue weighted by Gasteiger charge is 2.22. The number of rotatable bonds is 1. The van der Waals surface area contributed by atoms with E-state index in [1.807, 2.05) is 6.07 Å². The molecule has 2 nitrogen and oxygen atoms in total. The van der Waals surface area contributed by atoms with Gasteiger partial charge < -0.3 is 9.84 Å². The number of hydrogen-bond donors (Lipinski definition) is 1. The molecule has 1 N–H and O–H groups in total.